The standard InChI is InChI=1S/C14H17NO3/c1-9-4-6-10(7-5-9)15-13(17)11-8-12(16)18-14(11,2)3/h4-7,11H,8H2,1-3H3,(H,15,17)/t11-/m0/s1. The molecule has 18 heavy (non-hydrogen) atoms. The third kappa shape index (κ3) is 2.53. The summed E-state index contributed by atoms with van der Waals surface area (Å²) in [5.74, 6) is -0.926. The fourth-order valence-electron chi connectivity index (χ4n) is 2.09. The molecule has 1 fully saturated rings. The average Bonchev–Trinajstić information content (AvgIpc) is 2.55. The van der Waals surface area contributed by atoms with Gasteiger partial charge in [-0.05, 0) is 32.9 Å². The molecule has 0 aliphatic carbocycles. The van der Waals surface area contributed by atoms with Crippen LogP contribution in [-0.4, -0.2) is 17.5 Å². The van der Waals surface area contributed by atoms with Gasteiger partial charge in [-0.1, -0.05) is 17.7 Å². The lowest BCUT2D eigenvalue weighted by molar-refractivity contribution is -0.147. The van der Waals surface area contributed by atoms with Crippen molar-refractivity contribution in [1.29, 1.82) is 0 Å². The van der Waals surface area contributed by atoms with Crippen LogP contribution in [0.2, 0.25) is 0 Å². The van der Waals surface area contributed by atoms with E-state index in [2.05, 4.69) is 5.32 Å². The third-order valence-corrected chi connectivity index (χ3v) is 3.22. The van der Waals surface area contributed by atoms with E-state index in [9.17, 15) is 9.59 Å². The van der Waals surface area contributed by atoms with E-state index < -0.39 is 11.5 Å². The van der Waals surface area contributed by atoms with E-state index in [1.54, 1.807) is 13.8 Å². The van der Waals surface area contributed by atoms with E-state index in [4.69, 9.17) is 4.74 Å². The van der Waals surface area contributed by atoms with Gasteiger partial charge in [-0.25, -0.2) is 0 Å². The molecule has 1 aliphatic heterocycles. The molecule has 0 unspecified atom stereocenters. The number of rotatable bonds is 2. The number of hydrogen-bond donors (Lipinski definition) is 1. The predicted octanol–water partition coefficient (Wildman–Crippen LogP) is 2.28. The number of nitrogens with one attached hydrogen (secondary N) is 1. The second-order valence-corrected chi connectivity index (χ2v) is 5.19. The predicted molar refractivity (Wildman–Crippen MR) is 68.1 cm³/mol. The quantitative estimate of drug-likeness (QED) is 0.816. The molecular formula is C14H17NO3. The molecule has 1 atom stereocenters. The van der Waals surface area contributed by atoms with Gasteiger partial charge in [0, 0.05) is 5.69 Å². The number of cyclic esters (lactones) is 1. The highest BCUT2D eigenvalue weighted by molar-refractivity contribution is 5.96. The van der Waals surface area contributed by atoms with Gasteiger partial charge in [0.15, 0.2) is 0 Å². The molecule has 4 heteroatoms. The molecule has 96 valence electrons. The Morgan fingerprint density at radius 2 is 1.94 bits per heavy atom. The molecule has 0 aromatic heterocycles. The number of ether oxygens (including phenoxy) is 1. The summed E-state index contributed by atoms with van der Waals surface area (Å²) in [6.07, 6.45) is 0.144. The van der Waals surface area contributed by atoms with Crippen molar-refractivity contribution in [3.8, 4) is 0 Å². The minimum atomic E-state index is -0.730. The lowest BCUT2D eigenvalue weighted by Gasteiger charge is -2.23. The fourth-order valence-corrected chi connectivity index (χ4v) is 2.09. The van der Waals surface area contributed by atoms with Crippen molar-refractivity contribution in [3.05, 3.63) is 29.8 Å². The first kappa shape index (κ1) is 12.6. The van der Waals surface area contributed by atoms with Gasteiger partial charge in [0.05, 0.1) is 12.3 Å². The summed E-state index contributed by atoms with van der Waals surface area (Å²) in [5.41, 5.74) is 1.14. The van der Waals surface area contributed by atoms with Crippen molar-refractivity contribution in [2.45, 2.75) is 32.8 Å². The van der Waals surface area contributed by atoms with Crippen molar-refractivity contribution in [1.82, 2.24) is 0 Å². The molecule has 0 radical (unpaired) electrons. The largest absolute Gasteiger partial charge is 0.459 e. The van der Waals surface area contributed by atoms with Crippen molar-refractivity contribution >= 4 is 17.6 Å². The summed E-state index contributed by atoms with van der Waals surface area (Å²) < 4.78 is 5.14. The summed E-state index contributed by atoms with van der Waals surface area (Å²) in [7, 11) is 0. The van der Waals surface area contributed by atoms with Gasteiger partial charge in [0.25, 0.3) is 0 Å². The minimum Gasteiger partial charge on any atom is -0.459 e. The maximum Gasteiger partial charge on any atom is 0.307 e. The summed E-state index contributed by atoms with van der Waals surface area (Å²) in [6, 6.07) is 7.55. The van der Waals surface area contributed by atoms with Gasteiger partial charge in [-0.2, -0.15) is 0 Å². The third-order valence-electron chi connectivity index (χ3n) is 3.22. The molecule has 2 rings (SSSR count). The maximum absolute atomic E-state index is 12.1. The monoisotopic (exact) mass is 247 g/mol. The second kappa shape index (κ2) is 4.44. The number of aryl methyl sites for hydroxylation is 1. The van der Waals surface area contributed by atoms with E-state index >= 15 is 0 Å². The summed E-state index contributed by atoms with van der Waals surface area (Å²) in [4.78, 5) is 23.4. The Bertz CT molecular complexity index is 476. The van der Waals surface area contributed by atoms with E-state index in [-0.39, 0.29) is 18.3 Å². The number of hydrogen-bond acceptors (Lipinski definition) is 3. The second-order valence-electron chi connectivity index (χ2n) is 5.19. The van der Waals surface area contributed by atoms with Crippen LogP contribution in [0.3, 0.4) is 0 Å². The van der Waals surface area contributed by atoms with Crippen LogP contribution >= 0.6 is 0 Å². The number of carbonyl (C=O) groups excluding carboxylic acids is 2. The normalized spacial score (nSPS) is 21.5. The first-order chi connectivity index (χ1) is 8.38. The van der Waals surface area contributed by atoms with Gasteiger partial charge in [0.1, 0.15) is 5.60 Å². The van der Waals surface area contributed by atoms with E-state index in [1.165, 1.54) is 0 Å². The van der Waals surface area contributed by atoms with E-state index in [1.807, 2.05) is 31.2 Å². The Hall–Kier alpha value is -1.84. The fraction of sp³-hybridized carbons (Fsp3) is 0.429. The van der Waals surface area contributed by atoms with Crippen molar-refractivity contribution in [3.63, 3.8) is 0 Å². The van der Waals surface area contributed by atoms with Crippen molar-refractivity contribution in [2.75, 3.05) is 5.32 Å². The lowest BCUT2D eigenvalue weighted by Crippen LogP contribution is -2.36. The van der Waals surface area contributed by atoms with Gasteiger partial charge in [0.2, 0.25) is 5.91 Å². The summed E-state index contributed by atoms with van der Waals surface area (Å²) in [5, 5.41) is 2.82. The van der Waals surface area contributed by atoms with Gasteiger partial charge >= 0.3 is 5.97 Å². The number of carbonyl (C=O) groups is 2. The van der Waals surface area contributed by atoms with Crippen LogP contribution in [0, 0.1) is 12.8 Å². The van der Waals surface area contributed by atoms with Crippen LogP contribution in [0.4, 0.5) is 5.69 Å². The molecule has 0 bridgehead atoms. The average molecular weight is 247 g/mol. The zero-order chi connectivity index (χ0) is 13.3. The zero-order valence-electron chi connectivity index (χ0n) is 10.8. The molecule has 1 saturated heterocycles. The highest BCUT2D eigenvalue weighted by atomic mass is 16.6. The molecule has 1 aromatic rings. The smallest absolute Gasteiger partial charge is 0.307 e. The van der Waals surface area contributed by atoms with Crippen molar-refractivity contribution < 1.29 is 14.3 Å². The van der Waals surface area contributed by atoms with Crippen LogP contribution in [0.1, 0.15) is 25.8 Å². The maximum atomic E-state index is 12.1. The van der Waals surface area contributed by atoms with E-state index in [0.717, 1.165) is 11.3 Å². The van der Waals surface area contributed by atoms with Gasteiger partial charge < -0.3 is 10.1 Å². The SMILES string of the molecule is Cc1ccc(NC(=O)[C@@H]2CC(=O)OC2(C)C)cc1. The van der Waals surface area contributed by atoms with Crippen LogP contribution in [0.25, 0.3) is 0 Å². The Kier molecular flexibility index (Phi) is 3.11. The Balaban J connectivity index is 2.08. The van der Waals surface area contributed by atoms with Crippen LogP contribution in [0.15, 0.2) is 24.3 Å². The molecular weight excluding hydrogens is 230 g/mol. The van der Waals surface area contributed by atoms with Crippen LogP contribution in [-0.2, 0) is 14.3 Å². The molecule has 0 saturated carbocycles. The number of benzene rings is 1. The molecule has 0 spiro atoms. The van der Waals surface area contributed by atoms with E-state index in [0.29, 0.717) is 0 Å². The van der Waals surface area contributed by atoms with Crippen molar-refractivity contribution in [2.24, 2.45) is 5.92 Å². The Labute approximate surface area is 106 Å². The molecule has 1 N–H and O–H groups in total. The molecule has 1 aromatic carbocycles. The number of amides is 1. The minimum absolute atomic E-state index is 0.144. The number of esters is 1. The highest BCUT2D eigenvalue weighted by Gasteiger charge is 2.46. The zero-order valence-corrected chi connectivity index (χ0v) is 10.8. The van der Waals surface area contributed by atoms with Crippen LogP contribution < -0.4 is 5.32 Å². The van der Waals surface area contributed by atoms with Crippen LogP contribution in [0.5, 0.6) is 0 Å². The summed E-state index contributed by atoms with van der Waals surface area (Å²) in [6.45, 7) is 5.51. The molecule has 1 heterocycles. The Morgan fingerprint density at radius 1 is 1.33 bits per heavy atom. The molecule has 1 aliphatic rings. The lowest BCUT2D eigenvalue weighted by atomic mass is 9.90. The van der Waals surface area contributed by atoms with Gasteiger partial charge in [-0.15, -0.1) is 0 Å². The molecule has 4 nitrogen and oxygen atoms in total. The molecule has 1 amide bonds. The first-order valence-electron chi connectivity index (χ1n) is 5.98. The number of anilines is 1. The Morgan fingerprint density at radius 3 is 2.44 bits per heavy atom. The highest BCUT2D eigenvalue weighted by Crippen LogP contribution is 2.33. The first-order valence-corrected chi connectivity index (χ1v) is 5.98. The summed E-state index contributed by atoms with van der Waals surface area (Å²) >= 11 is 0. The topological polar surface area (TPSA) is 55.4 Å². The van der Waals surface area contributed by atoms with Gasteiger partial charge in [-0.3, -0.25) is 9.59 Å².